The SMILES string of the molecule is Cc1c(NC(=O)c2nc(C(=O)O)cs2)cccc1[N+](=O)[O-]. The van der Waals surface area contributed by atoms with Gasteiger partial charge in [0.1, 0.15) is 0 Å². The number of hydrogen-bond acceptors (Lipinski definition) is 6. The number of aromatic carboxylic acids is 1. The molecule has 0 atom stereocenters. The van der Waals surface area contributed by atoms with Crippen molar-refractivity contribution in [2.45, 2.75) is 6.92 Å². The number of hydrogen-bond donors (Lipinski definition) is 2. The van der Waals surface area contributed by atoms with Gasteiger partial charge in [-0.25, -0.2) is 9.78 Å². The maximum absolute atomic E-state index is 12.0. The molecule has 2 N–H and O–H groups in total. The molecule has 1 heterocycles. The Kier molecular flexibility index (Phi) is 3.94. The number of amides is 1. The maximum Gasteiger partial charge on any atom is 0.355 e. The number of rotatable bonds is 4. The molecule has 0 fully saturated rings. The first-order chi connectivity index (χ1) is 9.90. The lowest BCUT2D eigenvalue weighted by molar-refractivity contribution is -0.385. The fourth-order valence-corrected chi connectivity index (χ4v) is 2.29. The van der Waals surface area contributed by atoms with E-state index in [0.717, 1.165) is 11.3 Å². The van der Waals surface area contributed by atoms with Crippen LogP contribution in [-0.4, -0.2) is 26.9 Å². The third kappa shape index (κ3) is 3.03. The second-order valence-corrected chi connectivity index (χ2v) is 4.86. The maximum atomic E-state index is 12.0. The van der Waals surface area contributed by atoms with Gasteiger partial charge in [-0.3, -0.25) is 14.9 Å². The molecular weight excluding hydrogens is 298 g/mol. The minimum Gasteiger partial charge on any atom is -0.476 e. The summed E-state index contributed by atoms with van der Waals surface area (Å²) in [7, 11) is 0. The molecule has 0 bridgehead atoms. The highest BCUT2D eigenvalue weighted by Crippen LogP contribution is 2.25. The van der Waals surface area contributed by atoms with Crippen LogP contribution in [0.4, 0.5) is 11.4 Å². The number of nitrogens with zero attached hydrogens (tertiary/aromatic N) is 2. The van der Waals surface area contributed by atoms with Gasteiger partial charge in [0.05, 0.1) is 16.2 Å². The Hall–Kier alpha value is -2.81. The van der Waals surface area contributed by atoms with Crippen LogP contribution in [0.15, 0.2) is 23.6 Å². The number of carbonyl (C=O) groups is 2. The summed E-state index contributed by atoms with van der Waals surface area (Å²) >= 11 is 0.884. The lowest BCUT2D eigenvalue weighted by atomic mass is 10.1. The third-order valence-corrected chi connectivity index (χ3v) is 3.51. The Labute approximate surface area is 122 Å². The lowest BCUT2D eigenvalue weighted by Gasteiger charge is -2.06. The van der Waals surface area contributed by atoms with Gasteiger partial charge in [-0.1, -0.05) is 6.07 Å². The topological polar surface area (TPSA) is 122 Å². The van der Waals surface area contributed by atoms with Crippen LogP contribution in [0.5, 0.6) is 0 Å². The van der Waals surface area contributed by atoms with Crippen molar-refractivity contribution in [1.29, 1.82) is 0 Å². The van der Waals surface area contributed by atoms with Gasteiger partial charge in [-0.15, -0.1) is 11.3 Å². The number of thiazole rings is 1. The van der Waals surface area contributed by atoms with Gasteiger partial charge in [0, 0.05) is 11.4 Å². The van der Waals surface area contributed by atoms with Crippen molar-refractivity contribution in [3.8, 4) is 0 Å². The second-order valence-electron chi connectivity index (χ2n) is 4.00. The van der Waals surface area contributed by atoms with Crippen molar-refractivity contribution in [3.05, 3.63) is 50.0 Å². The van der Waals surface area contributed by atoms with Crippen molar-refractivity contribution in [2.75, 3.05) is 5.32 Å². The summed E-state index contributed by atoms with van der Waals surface area (Å²) in [6.07, 6.45) is 0. The summed E-state index contributed by atoms with van der Waals surface area (Å²) in [4.78, 5) is 36.6. The summed E-state index contributed by atoms with van der Waals surface area (Å²) in [5.74, 6) is -1.84. The number of nitro benzene ring substituents is 1. The quantitative estimate of drug-likeness (QED) is 0.660. The monoisotopic (exact) mass is 307 g/mol. The van der Waals surface area contributed by atoms with Gasteiger partial charge in [-0.2, -0.15) is 0 Å². The number of anilines is 1. The molecule has 1 amide bonds. The van der Waals surface area contributed by atoms with Crippen LogP contribution in [0.3, 0.4) is 0 Å². The summed E-state index contributed by atoms with van der Waals surface area (Å²) in [6, 6.07) is 4.30. The summed E-state index contributed by atoms with van der Waals surface area (Å²) in [5, 5.41) is 23.3. The molecular formula is C12H9N3O5S. The van der Waals surface area contributed by atoms with Crippen LogP contribution < -0.4 is 5.32 Å². The van der Waals surface area contributed by atoms with Gasteiger partial charge < -0.3 is 10.4 Å². The molecule has 1 aromatic carbocycles. The number of carbonyl (C=O) groups excluding carboxylic acids is 1. The van der Waals surface area contributed by atoms with E-state index in [0.29, 0.717) is 5.56 Å². The molecule has 0 unspecified atom stereocenters. The van der Waals surface area contributed by atoms with Crippen LogP contribution in [0.1, 0.15) is 25.9 Å². The number of nitro groups is 1. The standard InChI is InChI=1S/C12H9N3O5S/c1-6-7(3-2-4-9(6)15(19)20)13-10(16)11-14-8(5-21-11)12(17)18/h2-5H,1H3,(H,13,16)(H,17,18). The molecule has 0 aliphatic carbocycles. The van der Waals surface area contributed by atoms with Crippen molar-refractivity contribution < 1.29 is 19.6 Å². The average molecular weight is 307 g/mol. The van der Waals surface area contributed by atoms with E-state index in [1.54, 1.807) is 0 Å². The van der Waals surface area contributed by atoms with E-state index in [1.165, 1.54) is 30.5 Å². The zero-order valence-electron chi connectivity index (χ0n) is 10.7. The minimum absolute atomic E-state index is 0.0293. The zero-order chi connectivity index (χ0) is 15.6. The molecule has 108 valence electrons. The highest BCUT2D eigenvalue weighted by molar-refractivity contribution is 7.12. The van der Waals surface area contributed by atoms with E-state index >= 15 is 0 Å². The van der Waals surface area contributed by atoms with Crippen molar-refractivity contribution >= 4 is 34.6 Å². The van der Waals surface area contributed by atoms with Gasteiger partial charge in [0.25, 0.3) is 11.6 Å². The highest BCUT2D eigenvalue weighted by atomic mass is 32.1. The molecule has 21 heavy (non-hydrogen) atoms. The first-order valence-corrected chi connectivity index (χ1v) is 6.52. The Bertz CT molecular complexity index is 740. The Morgan fingerprint density at radius 2 is 2.14 bits per heavy atom. The average Bonchev–Trinajstić information content (AvgIpc) is 2.90. The molecule has 1 aromatic heterocycles. The lowest BCUT2D eigenvalue weighted by Crippen LogP contribution is -2.13. The number of aromatic nitrogens is 1. The molecule has 0 aliphatic heterocycles. The van der Waals surface area contributed by atoms with E-state index in [1.807, 2.05) is 0 Å². The fourth-order valence-electron chi connectivity index (χ4n) is 1.61. The number of nitrogens with one attached hydrogen (secondary N) is 1. The predicted octanol–water partition coefficient (Wildman–Crippen LogP) is 2.31. The zero-order valence-corrected chi connectivity index (χ0v) is 11.5. The van der Waals surface area contributed by atoms with Crippen LogP contribution in [0.2, 0.25) is 0 Å². The van der Waals surface area contributed by atoms with Crippen LogP contribution in [0, 0.1) is 17.0 Å². The molecule has 2 rings (SSSR count). The van der Waals surface area contributed by atoms with Crippen molar-refractivity contribution in [3.63, 3.8) is 0 Å². The molecule has 0 saturated heterocycles. The summed E-state index contributed by atoms with van der Waals surface area (Å²) in [5.41, 5.74) is 0.256. The molecule has 8 nitrogen and oxygen atoms in total. The normalized spacial score (nSPS) is 10.1. The van der Waals surface area contributed by atoms with E-state index in [-0.39, 0.29) is 22.1 Å². The van der Waals surface area contributed by atoms with Crippen LogP contribution in [0.25, 0.3) is 0 Å². The van der Waals surface area contributed by atoms with Gasteiger partial charge in [-0.05, 0) is 13.0 Å². The van der Waals surface area contributed by atoms with E-state index < -0.39 is 16.8 Å². The Balaban J connectivity index is 2.25. The molecule has 0 saturated carbocycles. The van der Waals surface area contributed by atoms with Crippen molar-refractivity contribution in [1.82, 2.24) is 4.98 Å². The Morgan fingerprint density at radius 1 is 1.43 bits per heavy atom. The van der Waals surface area contributed by atoms with Crippen molar-refractivity contribution in [2.24, 2.45) is 0 Å². The minimum atomic E-state index is -1.23. The van der Waals surface area contributed by atoms with E-state index in [4.69, 9.17) is 5.11 Å². The summed E-state index contributed by atoms with van der Waals surface area (Å²) in [6.45, 7) is 1.51. The molecule has 9 heteroatoms. The number of carboxylic acid groups (broad SMARTS) is 1. The van der Waals surface area contributed by atoms with Gasteiger partial charge in [0.15, 0.2) is 10.7 Å². The number of carboxylic acids is 1. The molecule has 2 aromatic rings. The molecule has 0 radical (unpaired) electrons. The first kappa shape index (κ1) is 14.6. The number of benzene rings is 1. The predicted molar refractivity (Wildman–Crippen MR) is 74.9 cm³/mol. The van der Waals surface area contributed by atoms with Gasteiger partial charge >= 0.3 is 5.97 Å². The van der Waals surface area contributed by atoms with Crippen LogP contribution >= 0.6 is 11.3 Å². The van der Waals surface area contributed by atoms with E-state index in [2.05, 4.69) is 10.3 Å². The van der Waals surface area contributed by atoms with Crippen LogP contribution in [-0.2, 0) is 0 Å². The smallest absolute Gasteiger partial charge is 0.355 e. The summed E-state index contributed by atoms with van der Waals surface area (Å²) < 4.78 is 0. The molecule has 0 spiro atoms. The highest BCUT2D eigenvalue weighted by Gasteiger charge is 2.18. The second kappa shape index (κ2) is 5.67. The third-order valence-electron chi connectivity index (χ3n) is 2.67. The van der Waals surface area contributed by atoms with E-state index in [9.17, 15) is 19.7 Å². The fraction of sp³-hybridized carbons (Fsp3) is 0.0833. The Morgan fingerprint density at radius 3 is 2.71 bits per heavy atom. The van der Waals surface area contributed by atoms with Gasteiger partial charge in [0.2, 0.25) is 0 Å². The molecule has 0 aliphatic rings. The first-order valence-electron chi connectivity index (χ1n) is 5.64. The largest absolute Gasteiger partial charge is 0.476 e.